The van der Waals surface area contributed by atoms with Crippen molar-refractivity contribution in [3.05, 3.63) is 47.0 Å². The van der Waals surface area contributed by atoms with E-state index < -0.39 is 0 Å². The maximum atomic E-state index is 13.1. The van der Waals surface area contributed by atoms with Crippen LogP contribution in [0, 0.1) is 0 Å². The van der Waals surface area contributed by atoms with E-state index in [1.54, 1.807) is 0 Å². The highest BCUT2D eigenvalue weighted by atomic mass is 16.2. The molecular formula is C19H27N5O. The third kappa shape index (κ3) is 3.26. The van der Waals surface area contributed by atoms with Gasteiger partial charge in [0.25, 0.3) is 0 Å². The monoisotopic (exact) mass is 341 g/mol. The summed E-state index contributed by atoms with van der Waals surface area (Å²) in [6.45, 7) is 5.98. The van der Waals surface area contributed by atoms with Gasteiger partial charge in [0, 0.05) is 12.1 Å². The number of nitrogens with one attached hydrogen (secondary N) is 1. The van der Waals surface area contributed by atoms with E-state index in [1.165, 1.54) is 0 Å². The number of carbonyl (C=O) groups is 1. The minimum Gasteiger partial charge on any atom is -0.384 e. The molecule has 0 radical (unpaired) electrons. The molecule has 0 aliphatic carbocycles. The number of aliphatic imine (C=N–C) groups is 1. The average molecular weight is 341 g/mol. The fraction of sp³-hybridized carbons (Fsp3) is 0.474. The Kier molecular flexibility index (Phi) is 4.56. The first-order valence-corrected chi connectivity index (χ1v) is 8.61. The van der Waals surface area contributed by atoms with Crippen LogP contribution < -0.4 is 11.1 Å². The summed E-state index contributed by atoms with van der Waals surface area (Å²) < 4.78 is 0. The second-order valence-electron chi connectivity index (χ2n) is 7.48. The van der Waals surface area contributed by atoms with Gasteiger partial charge in [-0.25, -0.2) is 4.79 Å². The molecule has 134 valence electrons. The van der Waals surface area contributed by atoms with E-state index in [2.05, 4.69) is 29.1 Å². The Balaban J connectivity index is 1.77. The molecular weight excluding hydrogens is 314 g/mol. The van der Waals surface area contributed by atoms with Gasteiger partial charge in [0.2, 0.25) is 0 Å². The van der Waals surface area contributed by atoms with E-state index in [0.29, 0.717) is 18.9 Å². The van der Waals surface area contributed by atoms with Gasteiger partial charge < -0.3 is 20.9 Å². The second-order valence-corrected chi connectivity index (χ2v) is 7.48. The molecule has 2 aliphatic rings. The van der Waals surface area contributed by atoms with Gasteiger partial charge in [-0.3, -0.25) is 4.99 Å². The summed E-state index contributed by atoms with van der Waals surface area (Å²) in [5, 5.41) is 3.20. The van der Waals surface area contributed by atoms with E-state index in [-0.39, 0.29) is 17.6 Å². The average Bonchev–Trinajstić information content (AvgIpc) is 3.05. The smallest absolute Gasteiger partial charge is 0.318 e. The van der Waals surface area contributed by atoms with Crippen molar-refractivity contribution in [1.29, 1.82) is 0 Å². The van der Waals surface area contributed by atoms with Gasteiger partial charge in [0.15, 0.2) is 0 Å². The van der Waals surface area contributed by atoms with Gasteiger partial charge in [0.05, 0.1) is 24.7 Å². The third-order valence-corrected chi connectivity index (χ3v) is 5.10. The zero-order chi connectivity index (χ0) is 18.2. The molecule has 0 saturated carbocycles. The van der Waals surface area contributed by atoms with Crippen LogP contribution in [-0.4, -0.2) is 60.9 Å². The lowest BCUT2D eigenvalue weighted by atomic mass is 9.94. The number of nitrogens with zero attached hydrogens (tertiary/aromatic N) is 3. The topological polar surface area (TPSA) is 74.0 Å². The van der Waals surface area contributed by atoms with E-state index in [0.717, 1.165) is 23.3 Å². The highest BCUT2D eigenvalue weighted by Gasteiger charge is 2.45. The lowest BCUT2D eigenvalue weighted by molar-refractivity contribution is 0.165. The molecule has 2 aliphatic heterocycles. The van der Waals surface area contributed by atoms with Crippen LogP contribution in [0.4, 0.5) is 4.79 Å². The Morgan fingerprint density at radius 1 is 1.36 bits per heavy atom. The molecule has 0 aromatic heterocycles. The van der Waals surface area contributed by atoms with E-state index in [9.17, 15) is 4.79 Å². The fourth-order valence-electron chi connectivity index (χ4n) is 3.61. The minimum absolute atomic E-state index is 0.0668. The lowest BCUT2D eigenvalue weighted by Gasteiger charge is -2.36. The second kappa shape index (κ2) is 6.52. The minimum atomic E-state index is -0.372. The first kappa shape index (κ1) is 17.5. The van der Waals surface area contributed by atoms with Gasteiger partial charge in [0.1, 0.15) is 5.84 Å². The molecule has 2 amide bonds. The number of likely N-dealkylation sites (N-methyl/N-ethyl adjacent to an activating group) is 1. The van der Waals surface area contributed by atoms with Crippen molar-refractivity contribution in [2.45, 2.75) is 25.4 Å². The molecule has 6 nitrogen and oxygen atoms in total. The van der Waals surface area contributed by atoms with Crippen molar-refractivity contribution in [1.82, 2.24) is 15.1 Å². The van der Waals surface area contributed by atoms with Gasteiger partial charge in [-0.2, -0.15) is 0 Å². The molecule has 0 bridgehead atoms. The highest BCUT2D eigenvalue weighted by molar-refractivity contribution is 6.02. The molecule has 6 heteroatoms. The first-order valence-electron chi connectivity index (χ1n) is 8.61. The summed E-state index contributed by atoms with van der Waals surface area (Å²) in [5.74, 6) is 0.575. The molecule has 0 saturated heterocycles. The Bertz CT molecular complexity index is 721. The quantitative estimate of drug-likeness (QED) is 0.876. The van der Waals surface area contributed by atoms with E-state index in [4.69, 9.17) is 5.73 Å². The van der Waals surface area contributed by atoms with Crippen LogP contribution in [0.5, 0.6) is 0 Å². The number of rotatable bonds is 4. The summed E-state index contributed by atoms with van der Waals surface area (Å²) in [7, 11) is 4.02. The zero-order valence-electron chi connectivity index (χ0n) is 15.4. The summed E-state index contributed by atoms with van der Waals surface area (Å²) >= 11 is 0. The zero-order valence-corrected chi connectivity index (χ0v) is 15.4. The van der Waals surface area contributed by atoms with Gasteiger partial charge in [-0.1, -0.05) is 30.3 Å². The number of benzene rings is 1. The molecule has 25 heavy (non-hydrogen) atoms. The van der Waals surface area contributed by atoms with Crippen LogP contribution in [0.2, 0.25) is 0 Å². The summed E-state index contributed by atoms with van der Waals surface area (Å²) in [4.78, 5) is 21.3. The lowest BCUT2D eigenvalue weighted by Crippen LogP contribution is -2.52. The molecule has 3 rings (SSSR count). The predicted octanol–water partition coefficient (Wildman–Crippen LogP) is 1.76. The van der Waals surface area contributed by atoms with Crippen molar-refractivity contribution < 1.29 is 4.79 Å². The molecule has 2 heterocycles. The van der Waals surface area contributed by atoms with Crippen molar-refractivity contribution >= 4 is 11.9 Å². The number of nitrogens with two attached hydrogens (primary N) is 1. The molecule has 0 spiro atoms. The molecule has 1 atom stereocenters. The van der Waals surface area contributed by atoms with Crippen LogP contribution >= 0.6 is 0 Å². The Labute approximate surface area is 149 Å². The van der Waals surface area contributed by atoms with Crippen molar-refractivity contribution in [2.75, 3.05) is 33.7 Å². The molecule has 3 N–H and O–H groups in total. The maximum absolute atomic E-state index is 13.1. The molecule has 1 aromatic rings. The number of hydrogen-bond donors (Lipinski definition) is 2. The summed E-state index contributed by atoms with van der Waals surface area (Å²) in [6, 6.07) is 9.94. The van der Waals surface area contributed by atoms with E-state index >= 15 is 0 Å². The van der Waals surface area contributed by atoms with Crippen LogP contribution in [-0.2, 0) is 0 Å². The number of carbonyl (C=O) groups excluding carboxylic acids is 1. The SMILES string of the molecule is CN(C)C[C@@H](NC(=O)N1CC2=C(CN=C2N)C1(C)C)c1ccccc1. The van der Waals surface area contributed by atoms with E-state index in [1.807, 2.05) is 49.3 Å². The van der Waals surface area contributed by atoms with Crippen molar-refractivity contribution in [3.63, 3.8) is 0 Å². The predicted molar refractivity (Wildman–Crippen MR) is 101 cm³/mol. The molecule has 1 aromatic carbocycles. The largest absolute Gasteiger partial charge is 0.384 e. The standard InChI is InChI=1S/C19H27N5O/c1-19(2)15-10-21-17(20)14(15)11-24(19)18(25)22-16(12-23(3)4)13-8-6-5-7-9-13/h5-9,16H,10-12H2,1-4H3,(H2,20,21)(H,22,25)/t16-/m1/s1. The van der Waals surface area contributed by atoms with Crippen LogP contribution in [0.3, 0.4) is 0 Å². The van der Waals surface area contributed by atoms with Crippen molar-refractivity contribution in [3.8, 4) is 0 Å². The van der Waals surface area contributed by atoms with Crippen LogP contribution in [0.1, 0.15) is 25.5 Å². The van der Waals surface area contributed by atoms with Gasteiger partial charge in [-0.15, -0.1) is 0 Å². The normalized spacial score (nSPS) is 19.9. The third-order valence-electron chi connectivity index (χ3n) is 5.10. The van der Waals surface area contributed by atoms with Gasteiger partial charge in [-0.05, 0) is 39.1 Å². The maximum Gasteiger partial charge on any atom is 0.318 e. The van der Waals surface area contributed by atoms with Crippen LogP contribution in [0.15, 0.2) is 46.5 Å². The summed E-state index contributed by atoms with van der Waals surface area (Å²) in [5.41, 5.74) is 8.89. The molecule has 0 fully saturated rings. The highest BCUT2D eigenvalue weighted by Crippen LogP contribution is 2.37. The number of amidine groups is 1. The number of amides is 2. The first-order chi connectivity index (χ1) is 11.8. The number of urea groups is 1. The molecule has 0 unspecified atom stereocenters. The van der Waals surface area contributed by atoms with Crippen LogP contribution in [0.25, 0.3) is 0 Å². The summed E-state index contributed by atoms with van der Waals surface area (Å²) in [6.07, 6.45) is 0. The fourth-order valence-corrected chi connectivity index (χ4v) is 3.61. The number of hydrogen-bond acceptors (Lipinski definition) is 4. The Hall–Kier alpha value is -2.34. The Morgan fingerprint density at radius 2 is 2.04 bits per heavy atom. The van der Waals surface area contributed by atoms with Crippen molar-refractivity contribution in [2.24, 2.45) is 10.7 Å². The Morgan fingerprint density at radius 3 is 2.64 bits per heavy atom. The van der Waals surface area contributed by atoms with Gasteiger partial charge >= 0.3 is 6.03 Å².